The Morgan fingerprint density at radius 3 is 1.81 bits per heavy atom. The number of carbonyl (C=O) groups is 1. The van der Waals surface area contributed by atoms with Crippen molar-refractivity contribution in [3.05, 3.63) is 12.2 Å². The summed E-state index contributed by atoms with van der Waals surface area (Å²) in [6.45, 7) is 1.58. The topological polar surface area (TPSA) is 94.6 Å². The second-order valence-corrected chi connectivity index (χ2v) is 10.1. The molecule has 0 aliphatic heterocycles. The van der Waals surface area contributed by atoms with E-state index >= 15 is 0 Å². The number of halogens is 6. The quantitative estimate of drug-likeness (QED) is 0.385. The summed E-state index contributed by atoms with van der Waals surface area (Å²) in [5, 5.41) is 0. The van der Waals surface area contributed by atoms with Gasteiger partial charge >= 0.3 is 17.0 Å². The lowest BCUT2D eigenvalue weighted by molar-refractivity contribution is -0.146. The molecule has 6 nitrogen and oxygen atoms in total. The minimum absolute atomic E-state index is 0.302. The predicted molar refractivity (Wildman–Crippen MR) is 75.7 cm³/mol. The van der Waals surface area contributed by atoms with Crippen LogP contribution in [0.3, 0.4) is 0 Å². The molecule has 14 heteroatoms. The van der Waals surface area contributed by atoms with Gasteiger partial charge < -0.3 is 4.74 Å². The molecule has 0 saturated carbocycles. The molecule has 0 heterocycles. The van der Waals surface area contributed by atoms with Gasteiger partial charge in [-0.15, -0.1) is 0 Å². The van der Waals surface area contributed by atoms with Crippen molar-refractivity contribution in [3.63, 3.8) is 0 Å². The molecule has 0 amide bonds. The molecule has 152 valence electrons. The van der Waals surface area contributed by atoms with Gasteiger partial charge in [0, 0.05) is 5.92 Å². The van der Waals surface area contributed by atoms with Crippen LogP contribution in [0.25, 0.3) is 0 Å². The summed E-state index contributed by atoms with van der Waals surface area (Å²) in [6, 6.07) is 0. The summed E-state index contributed by atoms with van der Waals surface area (Å²) in [6.07, 6.45) is -0.413. The second-order valence-electron chi connectivity index (χ2n) is 5.45. The molecule has 0 unspecified atom stereocenters. The standard InChI is InChI=1S/C12H14F6O6S2/c1-3-24-9(19)8-5-4-7(2)10(6-8,25(20,21)11(13,14)15)26(22,23)12(16,17)18/h4-5,7-8H,3,6H2,1-2H3/t7-,8+/m1/s1. The molecule has 0 aromatic rings. The Kier molecular flexibility index (Phi) is 5.85. The number of carbonyl (C=O) groups excluding carboxylic acids is 1. The minimum Gasteiger partial charge on any atom is -0.466 e. The zero-order valence-corrected chi connectivity index (χ0v) is 14.9. The summed E-state index contributed by atoms with van der Waals surface area (Å²) < 4.78 is 126. The zero-order chi connectivity index (χ0) is 20.8. The van der Waals surface area contributed by atoms with Crippen LogP contribution in [0, 0.1) is 11.8 Å². The molecule has 0 N–H and O–H groups in total. The monoisotopic (exact) mass is 432 g/mol. The Morgan fingerprint density at radius 2 is 1.46 bits per heavy atom. The summed E-state index contributed by atoms with van der Waals surface area (Å²) in [7, 11) is -13.8. The van der Waals surface area contributed by atoms with E-state index in [2.05, 4.69) is 4.74 Å². The molecule has 1 aliphatic rings. The summed E-state index contributed by atoms with van der Waals surface area (Å²) in [4.78, 5) is 11.7. The number of allylic oxidation sites excluding steroid dienone is 1. The van der Waals surface area contributed by atoms with Crippen LogP contribution >= 0.6 is 0 Å². The maximum Gasteiger partial charge on any atom is 0.498 e. The first-order valence-electron chi connectivity index (χ1n) is 6.94. The summed E-state index contributed by atoms with van der Waals surface area (Å²) in [5.74, 6) is -5.48. The number of esters is 1. The molecule has 0 aromatic heterocycles. The van der Waals surface area contributed by atoms with Gasteiger partial charge in [-0.05, 0) is 13.3 Å². The molecule has 0 fully saturated rings. The molecule has 0 bridgehead atoms. The zero-order valence-electron chi connectivity index (χ0n) is 13.3. The van der Waals surface area contributed by atoms with Crippen LogP contribution in [0.5, 0.6) is 0 Å². The fraction of sp³-hybridized carbons (Fsp3) is 0.750. The van der Waals surface area contributed by atoms with E-state index < -0.39 is 59.0 Å². The van der Waals surface area contributed by atoms with E-state index in [9.17, 15) is 48.0 Å². The van der Waals surface area contributed by atoms with E-state index in [1.807, 2.05) is 0 Å². The number of rotatable bonds is 4. The highest BCUT2D eigenvalue weighted by Gasteiger charge is 2.75. The van der Waals surface area contributed by atoms with E-state index in [4.69, 9.17) is 0 Å². The second kappa shape index (κ2) is 6.69. The van der Waals surface area contributed by atoms with E-state index in [1.54, 1.807) is 0 Å². The molecule has 0 spiro atoms. The van der Waals surface area contributed by atoms with Crippen LogP contribution in [-0.2, 0) is 29.2 Å². The van der Waals surface area contributed by atoms with Crippen molar-refractivity contribution >= 4 is 25.6 Å². The first-order chi connectivity index (χ1) is 11.5. The van der Waals surface area contributed by atoms with Gasteiger partial charge in [0.15, 0.2) is 4.08 Å². The van der Waals surface area contributed by atoms with Gasteiger partial charge in [-0.3, -0.25) is 4.79 Å². The number of hydrogen-bond donors (Lipinski definition) is 0. The molecule has 26 heavy (non-hydrogen) atoms. The molecule has 0 radical (unpaired) electrons. The first kappa shape index (κ1) is 22.7. The molecule has 0 saturated heterocycles. The van der Waals surface area contributed by atoms with Crippen molar-refractivity contribution < 1.29 is 52.7 Å². The van der Waals surface area contributed by atoms with Crippen LogP contribution in [0.15, 0.2) is 12.2 Å². The van der Waals surface area contributed by atoms with Gasteiger partial charge in [-0.2, -0.15) is 26.3 Å². The Bertz CT molecular complexity index is 749. The molecule has 1 rings (SSSR count). The Morgan fingerprint density at radius 1 is 1.04 bits per heavy atom. The minimum atomic E-state index is -6.90. The summed E-state index contributed by atoms with van der Waals surface area (Å²) in [5.41, 5.74) is -12.6. The molecule has 0 aromatic carbocycles. The number of sulfone groups is 2. The highest BCUT2D eigenvalue weighted by Crippen LogP contribution is 2.52. The largest absolute Gasteiger partial charge is 0.498 e. The smallest absolute Gasteiger partial charge is 0.466 e. The Hall–Kier alpha value is -1.31. The Balaban J connectivity index is 3.85. The first-order valence-corrected chi connectivity index (χ1v) is 9.90. The summed E-state index contributed by atoms with van der Waals surface area (Å²) >= 11 is 0. The van der Waals surface area contributed by atoms with Crippen LogP contribution in [-0.4, -0.2) is 44.5 Å². The van der Waals surface area contributed by atoms with Gasteiger partial charge in [0.2, 0.25) is 0 Å². The van der Waals surface area contributed by atoms with Crippen LogP contribution < -0.4 is 0 Å². The van der Waals surface area contributed by atoms with Gasteiger partial charge in [0.1, 0.15) is 0 Å². The van der Waals surface area contributed by atoms with Crippen molar-refractivity contribution in [2.75, 3.05) is 6.61 Å². The van der Waals surface area contributed by atoms with Crippen LogP contribution in [0.2, 0.25) is 0 Å². The van der Waals surface area contributed by atoms with Gasteiger partial charge in [0.05, 0.1) is 12.5 Å². The van der Waals surface area contributed by atoms with Crippen molar-refractivity contribution in [2.24, 2.45) is 11.8 Å². The average Bonchev–Trinajstić information content (AvgIpc) is 2.45. The SMILES string of the molecule is CCOC(=O)[C@H]1C=C[C@@H](C)C(S(=O)(=O)C(F)(F)F)(S(=O)(=O)C(F)(F)F)C1. The highest BCUT2D eigenvalue weighted by molar-refractivity contribution is 8.11. The average molecular weight is 432 g/mol. The maximum atomic E-state index is 13.1. The lowest BCUT2D eigenvalue weighted by Gasteiger charge is -2.40. The highest BCUT2D eigenvalue weighted by atomic mass is 32.3. The molecular formula is C12H14F6O6S2. The van der Waals surface area contributed by atoms with Crippen molar-refractivity contribution in [3.8, 4) is 0 Å². The molecular weight excluding hydrogens is 418 g/mol. The van der Waals surface area contributed by atoms with Gasteiger partial charge in [-0.1, -0.05) is 19.1 Å². The Labute approximate surface area is 145 Å². The molecule has 2 atom stereocenters. The number of ether oxygens (including phenoxy) is 1. The third-order valence-corrected chi connectivity index (χ3v) is 9.37. The molecule has 1 aliphatic carbocycles. The fourth-order valence-corrected chi connectivity index (χ4v) is 7.10. The van der Waals surface area contributed by atoms with E-state index in [-0.39, 0.29) is 6.61 Å². The van der Waals surface area contributed by atoms with Crippen molar-refractivity contribution in [1.82, 2.24) is 0 Å². The lowest BCUT2D eigenvalue weighted by Crippen LogP contribution is -2.61. The van der Waals surface area contributed by atoms with E-state index in [1.165, 1.54) is 6.92 Å². The van der Waals surface area contributed by atoms with Crippen LogP contribution in [0.1, 0.15) is 20.3 Å². The third-order valence-electron chi connectivity index (χ3n) is 3.94. The maximum absolute atomic E-state index is 13.1. The fourth-order valence-electron chi connectivity index (χ4n) is 2.66. The van der Waals surface area contributed by atoms with Gasteiger partial charge in [0.25, 0.3) is 19.7 Å². The number of hydrogen-bond acceptors (Lipinski definition) is 6. The predicted octanol–water partition coefficient (Wildman–Crippen LogP) is 2.33. The normalized spacial score (nSPS) is 24.3. The van der Waals surface area contributed by atoms with Crippen molar-refractivity contribution in [1.29, 1.82) is 0 Å². The van der Waals surface area contributed by atoms with E-state index in [0.29, 0.717) is 13.0 Å². The number of alkyl halides is 6. The lowest BCUT2D eigenvalue weighted by atomic mass is 9.88. The third kappa shape index (κ3) is 3.21. The van der Waals surface area contributed by atoms with Gasteiger partial charge in [-0.25, -0.2) is 16.8 Å². The van der Waals surface area contributed by atoms with Crippen molar-refractivity contribution in [2.45, 2.75) is 35.4 Å². The van der Waals surface area contributed by atoms with E-state index in [0.717, 1.165) is 6.08 Å². The van der Waals surface area contributed by atoms with Crippen LogP contribution in [0.4, 0.5) is 26.3 Å².